The van der Waals surface area contributed by atoms with E-state index in [1.54, 1.807) is 7.11 Å². The number of aromatic nitrogens is 2. The van der Waals surface area contributed by atoms with E-state index in [2.05, 4.69) is 32.3 Å². The molecule has 1 aromatic carbocycles. The molecule has 0 amide bonds. The fraction of sp³-hybridized carbons (Fsp3) is 0.474. The quantitative estimate of drug-likeness (QED) is 0.886. The highest BCUT2D eigenvalue weighted by molar-refractivity contribution is 5.28. The number of ether oxygens (including phenoxy) is 2. The third-order valence-corrected chi connectivity index (χ3v) is 5.12. The van der Waals surface area contributed by atoms with Crippen molar-refractivity contribution in [3.05, 3.63) is 48.0 Å². The summed E-state index contributed by atoms with van der Waals surface area (Å²) in [6.45, 7) is 3.47. The van der Waals surface area contributed by atoms with Crippen molar-refractivity contribution in [2.45, 2.75) is 31.0 Å². The van der Waals surface area contributed by atoms with Gasteiger partial charge in [-0.1, -0.05) is 12.1 Å². The fourth-order valence-electron chi connectivity index (χ4n) is 3.84. The standard InChI is InChI=1S/C19H23FN4O2/c1-25-17-4-2-14(3-5-17)11-24-7-6-19(13-24)8-16(12-26-19)23-18-21-9-15(20)10-22-18/h2-5,9-10,16H,6-8,11-13H2,1H3,(H,21,22,23)/t16-,19-/m0/s1. The van der Waals surface area contributed by atoms with Gasteiger partial charge in [-0.3, -0.25) is 4.90 Å². The lowest BCUT2D eigenvalue weighted by Crippen LogP contribution is -2.33. The van der Waals surface area contributed by atoms with Crippen molar-refractivity contribution in [1.29, 1.82) is 0 Å². The maximum Gasteiger partial charge on any atom is 0.223 e. The van der Waals surface area contributed by atoms with Gasteiger partial charge in [-0.2, -0.15) is 0 Å². The molecule has 7 heteroatoms. The van der Waals surface area contributed by atoms with Crippen LogP contribution in [0.1, 0.15) is 18.4 Å². The first-order valence-corrected chi connectivity index (χ1v) is 8.87. The molecule has 0 bridgehead atoms. The zero-order chi connectivity index (χ0) is 18.0. The molecule has 2 atom stereocenters. The molecule has 6 nitrogen and oxygen atoms in total. The second-order valence-electron chi connectivity index (χ2n) is 7.07. The second kappa shape index (κ2) is 7.17. The lowest BCUT2D eigenvalue weighted by molar-refractivity contribution is 0.0120. The van der Waals surface area contributed by atoms with Gasteiger partial charge < -0.3 is 14.8 Å². The lowest BCUT2D eigenvalue weighted by atomic mass is 9.97. The summed E-state index contributed by atoms with van der Waals surface area (Å²) < 4.78 is 24.3. The minimum atomic E-state index is -0.431. The zero-order valence-electron chi connectivity index (χ0n) is 14.8. The van der Waals surface area contributed by atoms with Crippen molar-refractivity contribution in [3.8, 4) is 5.75 Å². The third kappa shape index (κ3) is 3.78. The molecule has 2 aliphatic rings. The Morgan fingerprint density at radius 3 is 2.81 bits per heavy atom. The summed E-state index contributed by atoms with van der Waals surface area (Å²) in [6.07, 6.45) is 4.28. The van der Waals surface area contributed by atoms with Crippen molar-refractivity contribution >= 4 is 5.95 Å². The topological polar surface area (TPSA) is 59.5 Å². The molecular formula is C19H23FN4O2. The minimum Gasteiger partial charge on any atom is -0.497 e. The van der Waals surface area contributed by atoms with Crippen LogP contribution >= 0.6 is 0 Å². The van der Waals surface area contributed by atoms with Crippen LogP contribution < -0.4 is 10.1 Å². The van der Waals surface area contributed by atoms with Crippen LogP contribution in [-0.4, -0.2) is 53.3 Å². The molecule has 0 radical (unpaired) electrons. The molecule has 2 saturated heterocycles. The Bertz CT molecular complexity index is 740. The minimum absolute atomic E-state index is 0.107. The molecule has 2 aromatic rings. The summed E-state index contributed by atoms with van der Waals surface area (Å²) in [5.74, 6) is 0.896. The first-order chi connectivity index (χ1) is 12.6. The van der Waals surface area contributed by atoms with Gasteiger partial charge >= 0.3 is 0 Å². The number of methoxy groups -OCH3 is 1. The second-order valence-corrected chi connectivity index (χ2v) is 7.07. The molecule has 3 heterocycles. The molecule has 1 N–H and O–H groups in total. The first-order valence-electron chi connectivity index (χ1n) is 8.87. The smallest absolute Gasteiger partial charge is 0.223 e. The summed E-state index contributed by atoms with van der Waals surface area (Å²) >= 11 is 0. The van der Waals surface area contributed by atoms with Crippen LogP contribution in [0.2, 0.25) is 0 Å². The number of hydrogen-bond acceptors (Lipinski definition) is 6. The number of rotatable bonds is 5. The number of halogens is 1. The van der Waals surface area contributed by atoms with Gasteiger partial charge in [0.2, 0.25) is 5.95 Å². The summed E-state index contributed by atoms with van der Waals surface area (Å²) in [5.41, 5.74) is 1.17. The Labute approximate surface area is 152 Å². The maximum absolute atomic E-state index is 12.9. The number of hydrogen-bond donors (Lipinski definition) is 1. The summed E-state index contributed by atoms with van der Waals surface area (Å²) in [4.78, 5) is 10.4. The van der Waals surface area contributed by atoms with Gasteiger partial charge in [0.1, 0.15) is 5.75 Å². The van der Waals surface area contributed by atoms with E-state index < -0.39 is 5.82 Å². The van der Waals surface area contributed by atoms with Crippen LogP contribution in [0.15, 0.2) is 36.7 Å². The van der Waals surface area contributed by atoms with E-state index in [1.165, 1.54) is 18.0 Å². The van der Waals surface area contributed by atoms with Crippen LogP contribution in [0.4, 0.5) is 10.3 Å². The third-order valence-electron chi connectivity index (χ3n) is 5.12. The van der Waals surface area contributed by atoms with E-state index >= 15 is 0 Å². The SMILES string of the molecule is COc1ccc(CN2CC[C@]3(C[C@H](Nc4ncc(F)cn4)CO3)C2)cc1. The summed E-state index contributed by atoms with van der Waals surface area (Å²) in [7, 11) is 1.68. The van der Waals surface area contributed by atoms with Crippen LogP contribution in [0.5, 0.6) is 5.75 Å². The molecule has 4 rings (SSSR count). The zero-order valence-corrected chi connectivity index (χ0v) is 14.8. The average Bonchev–Trinajstić information content (AvgIpc) is 3.24. The Kier molecular flexibility index (Phi) is 4.74. The van der Waals surface area contributed by atoms with Crippen LogP contribution in [0, 0.1) is 5.82 Å². The lowest BCUT2D eigenvalue weighted by Gasteiger charge is -2.23. The molecule has 1 aromatic heterocycles. The number of nitrogens with zero attached hydrogens (tertiary/aromatic N) is 3. The van der Waals surface area contributed by atoms with Gasteiger partial charge in [0.15, 0.2) is 5.82 Å². The molecule has 138 valence electrons. The Hall–Kier alpha value is -2.25. The number of benzene rings is 1. The van der Waals surface area contributed by atoms with Crippen LogP contribution in [0.25, 0.3) is 0 Å². The van der Waals surface area contributed by atoms with Crippen molar-refractivity contribution < 1.29 is 13.9 Å². The average molecular weight is 358 g/mol. The Balaban J connectivity index is 1.32. The highest BCUT2D eigenvalue weighted by Gasteiger charge is 2.45. The van der Waals surface area contributed by atoms with Crippen molar-refractivity contribution in [1.82, 2.24) is 14.9 Å². The van der Waals surface area contributed by atoms with Crippen LogP contribution in [0.3, 0.4) is 0 Å². The molecule has 1 spiro atoms. The Morgan fingerprint density at radius 1 is 1.31 bits per heavy atom. The molecule has 2 fully saturated rings. The van der Waals surface area contributed by atoms with E-state index in [9.17, 15) is 4.39 Å². The molecule has 26 heavy (non-hydrogen) atoms. The highest BCUT2D eigenvalue weighted by Crippen LogP contribution is 2.36. The van der Waals surface area contributed by atoms with E-state index in [0.29, 0.717) is 12.6 Å². The fourth-order valence-corrected chi connectivity index (χ4v) is 3.84. The molecule has 0 aliphatic carbocycles. The molecular weight excluding hydrogens is 335 g/mol. The van der Waals surface area contributed by atoms with Gasteiger partial charge in [-0.25, -0.2) is 14.4 Å². The normalized spacial score (nSPS) is 25.7. The summed E-state index contributed by atoms with van der Waals surface area (Å²) in [5, 5.41) is 3.25. The van der Waals surface area contributed by atoms with Crippen molar-refractivity contribution in [2.24, 2.45) is 0 Å². The molecule has 0 saturated carbocycles. The van der Waals surface area contributed by atoms with Crippen molar-refractivity contribution in [2.75, 3.05) is 32.1 Å². The number of anilines is 1. The van der Waals surface area contributed by atoms with Crippen molar-refractivity contribution in [3.63, 3.8) is 0 Å². The van der Waals surface area contributed by atoms with Gasteiger partial charge in [-0.15, -0.1) is 0 Å². The monoisotopic (exact) mass is 358 g/mol. The van der Waals surface area contributed by atoms with Gasteiger partial charge in [-0.05, 0) is 24.1 Å². The van der Waals surface area contributed by atoms with E-state index in [0.717, 1.165) is 38.2 Å². The molecule has 2 aliphatic heterocycles. The van der Waals surface area contributed by atoms with E-state index in [4.69, 9.17) is 9.47 Å². The van der Waals surface area contributed by atoms with Gasteiger partial charge in [0.25, 0.3) is 0 Å². The van der Waals surface area contributed by atoms with Crippen LogP contribution in [-0.2, 0) is 11.3 Å². The Morgan fingerprint density at radius 2 is 2.08 bits per heavy atom. The number of likely N-dealkylation sites (tertiary alicyclic amines) is 1. The predicted octanol–water partition coefficient (Wildman–Crippen LogP) is 2.47. The van der Waals surface area contributed by atoms with Gasteiger partial charge in [0.05, 0.1) is 37.8 Å². The summed E-state index contributed by atoms with van der Waals surface area (Å²) in [6, 6.07) is 8.36. The molecule has 0 unspecified atom stereocenters. The maximum atomic E-state index is 12.9. The number of nitrogens with one attached hydrogen (secondary N) is 1. The van der Waals surface area contributed by atoms with Gasteiger partial charge in [0, 0.05) is 26.1 Å². The highest BCUT2D eigenvalue weighted by atomic mass is 19.1. The van der Waals surface area contributed by atoms with E-state index in [1.807, 2.05) is 12.1 Å². The largest absolute Gasteiger partial charge is 0.497 e. The predicted molar refractivity (Wildman–Crippen MR) is 95.6 cm³/mol. The first kappa shape index (κ1) is 17.2. The van der Waals surface area contributed by atoms with E-state index in [-0.39, 0.29) is 11.6 Å².